The van der Waals surface area contributed by atoms with E-state index in [4.69, 9.17) is 9.94 Å². The first-order valence-electron chi connectivity index (χ1n) is 5.27. The Bertz CT molecular complexity index is 293. The van der Waals surface area contributed by atoms with E-state index in [0.717, 1.165) is 24.3 Å². The smallest absolute Gasteiger partial charge is 0.119 e. The molecule has 0 aromatic heterocycles. The summed E-state index contributed by atoms with van der Waals surface area (Å²) in [5.74, 6) is 0.862. The van der Waals surface area contributed by atoms with Gasteiger partial charge in [-0.2, -0.15) is 0 Å². The van der Waals surface area contributed by atoms with E-state index in [1.54, 1.807) is 0 Å². The highest BCUT2D eigenvalue weighted by atomic mass is 16.5. The third-order valence-corrected chi connectivity index (χ3v) is 2.10. The highest BCUT2D eigenvalue weighted by Gasteiger charge is 1.93. The molecule has 0 radical (unpaired) electrons. The molecule has 3 heteroatoms. The van der Waals surface area contributed by atoms with Crippen molar-refractivity contribution in [3.63, 3.8) is 0 Å². The Morgan fingerprint density at radius 2 is 2.00 bits per heavy atom. The maximum Gasteiger partial charge on any atom is 0.119 e. The summed E-state index contributed by atoms with van der Waals surface area (Å²) in [7, 11) is 0. The fourth-order valence-electron chi connectivity index (χ4n) is 1.26. The molecule has 1 aromatic rings. The van der Waals surface area contributed by atoms with E-state index < -0.39 is 0 Å². The van der Waals surface area contributed by atoms with Crippen molar-refractivity contribution in [3.8, 4) is 5.75 Å². The van der Waals surface area contributed by atoms with E-state index in [0.29, 0.717) is 0 Å². The molecule has 0 aliphatic heterocycles. The van der Waals surface area contributed by atoms with Crippen LogP contribution in [0.1, 0.15) is 31.7 Å². The third-order valence-electron chi connectivity index (χ3n) is 2.10. The number of hydrogen-bond acceptors (Lipinski definition) is 3. The third kappa shape index (κ3) is 4.49. The molecule has 3 nitrogen and oxygen atoms in total. The van der Waals surface area contributed by atoms with Crippen LogP contribution in [-0.2, 0) is 0 Å². The van der Waals surface area contributed by atoms with Gasteiger partial charge in [0.05, 0.1) is 12.8 Å². The quantitative estimate of drug-likeness (QED) is 0.337. The van der Waals surface area contributed by atoms with Crippen molar-refractivity contribution in [2.45, 2.75) is 26.2 Å². The number of ether oxygens (including phenoxy) is 1. The van der Waals surface area contributed by atoms with Crippen LogP contribution in [0.5, 0.6) is 5.75 Å². The minimum Gasteiger partial charge on any atom is -0.494 e. The van der Waals surface area contributed by atoms with E-state index >= 15 is 0 Å². The summed E-state index contributed by atoms with van der Waals surface area (Å²) in [5.41, 5.74) is 0.860. The minimum absolute atomic E-state index is 0.765. The predicted molar refractivity (Wildman–Crippen MR) is 60.8 cm³/mol. The zero-order valence-electron chi connectivity index (χ0n) is 9.02. The lowest BCUT2D eigenvalue weighted by atomic mass is 10.2. The Hall–Kier alpha value is -1.51. The molecule has 1 N–H and O–H groups in total. The molecule has 0 aliphatic rings. The summed E-state index contributed by atoms with van der Waals surface area (Å²) in [4.78, 5) is 0. The lowest BCUT2D eigenvalue weighted by molar-refractivity contribution is 0.306. The van der Waals surface area contributed by atoms with E-state index in [2.05, 4.69) is 12.1 Å². The zero-order chi connectivity index (χ0) is 10.9. The Morgan fingerprint density at radius 1 is 1.27 bits per heavy atom. The second-order valence-corrected chi connectivity index (χ2v) is 3.37. The molecule has 82 valence electrons. The first-order valence-corrected chi connectivity index (χ1v) is 5.27. The van der Waals surface area contributed by atoms with Crippen LogP contribution in [0, 0.1) is 0 Å². The summed E-state index contributed by atoms with van der Waals surface area (Å²) >= 11 is 0. The van der Waals surface area contributed by atoms with Crippen molar-refractivity contribution in [3.05, 3.63) is 29.8 Å². The van der Waals surface area contributed by atoms with Crippen LogP contribution >= 0.6 is 0 Å². The van der Waals surface area contributed by atoms with Gasteiger partial charge in [0.2, 0.25) is 0 Å². The molecule has 0 fully saturated rings. The first-order chi connectivity index (χ1) is 7.36. The second-order valence-electron chi connectivity index (χ2n) is 3.37. The molecule has 0 saturated carbocycles. The predicted octanol–water partition coefficient (Wildman–Crippen LogP) is 3.06. The average Bonchev–Trinajstić information content (AvgIpc) is 2.27. The van der Waals surface area contributed by atoms with Crippen LogP contribution in [0.15, 0.2) is 29.4 Å². The van der Waals surface area contributed by atoms with Gasteiger partial charge in [-0.3, -0.25) is 0 Å². The molecule has 15 heavy (non-hydrogen) atoms. The van der Waals surface area contributed by atoms with Crippen molar-refractivity contribution in [1.82, 2.24) is 0 Å². The number of hydrogen-bond donors (Lipinski definition) is 1. The van der Waals surface area contributed by atoms with Gasteiger partial charge in [-0.05, 0) is 36.2 Å². The molecule has 1 rings (SSSR count). The molecule has 0 heterocycles. The molecule has 0 atom stereocenters. The van der Waals surface area contributed by atoms with Gasteiger partial charge in [-0.1, -0.05) is 24.9 Å². The van der Waals surface area contributed by atoms with Crippen molar-refractivity contribution >= 4 is 6.21 Å². The summed E-state index contributed by atoms with van der Waals surface area (Å²) in [6, 6.07) is 7.47. The van der Waals surface area contributed by atoms with Crippen LogP contribution in [0.25, 0.3) is 0 Å². The van der Waals surface area contributed by atoms with Crippen LogP contribution in [0.3, 0.4) is 0 Å². The van der Waals surface area contributed by atoms with Crippen LogP contribution in [-0.4, -0.2) is 18.0 Å². The van der Waals surface area contributed by atoms with Gasteiger partial charge in [-0.15, -0.1) is 0 Å². The van der Waals surface area contributed by atoms with Gasteiger partial charge in [0.25, 0.3) is 0 Å². The van der Waals surface area contributed by atoms with Gasteiger partial charge in [0, 0.05) is 0 Å². The summed E-state index contributed by atoms with van der Waals surface area (Å²) in [6.07, 6.45) is 4.89. The van der Waals surface area contributed by atoms with Gasteiger partial charge in [-0.25, -0.2) is 0 Å². The maximum absolute atomic E-state index is 8.33. The Kier molecular flexibility index (Phi) is 5.30. The molecular formula is C12H17NO2. The van der Waals surface area contributed by atoms with Crippen molar-refractivity contribution in [1.29, 1.82) is 0 Å². The zero-order valence-corrected chi connectivity index (χ0v) is 9.02. The van der Waals surface area contributed by atoms with E-state index in [9.17, 15) is 0 Å². The largest absolute Gasteiger partial charge is 0.494 e. The Morgan fingerprint density at radius 3 is 2.60 bits per heavy atom. The van der Waals surface area contributed by atoms with Gasteiger partial charge in [0.15, 0.2) is 0 Å². The van der Waals surface area contributed by atoms with Crippen LogP contribution in [0.4, 0.5) is 0 Å². The lowest BCUT2D eigenvalue weighted by Gasteiger charge is -2.05. The van der Waals surface area contributed by atoms with E-state index in [-0.39, 0.29) is 0 Å². The maximum atomic E-state index is 8.33. The number of benzene rings is 1. The number of rotatable bonds is 6. The van der Waals surface area contributed by atoms with Crippen molar-refractivity contribution < 1.29 is 9.94 Å². The van der Waals surface area contributed by atoms with Crippen molar-refractivity contribution in [2.24, 2.45) is 5.16 Å². The first kappa shape index (κ1) is 11.6. The molecule has 0 saturated heterocycles. The average molecular weight is 207 g/mol. The Labute approximate surface area is 90.4 Å². The van der Waals surface area contributed by atoms with Crippen LogP contribution < -0.4 is 4.74 Å². The molecule has 0 bridgehead atoms. The van der Waals surface area contributed by atoms with Crippen LogP contribution in [0.2, 0.25) is 0 Å². The number of nitrogens with zero attached hydrogens (tertiary/aromatic N) is 1. The SMILES string of the molecule is CCCCCOc1ccc(C=NO)cc1. The normalized spacial score (nSPS) is 10.7. The monoisotopic (exact) mass is 207 g/mol. The highest BCUT2D eigenvalue weighted by Crippen LogP contribution is 2.11. The highest BCUT2D eigenvalue weighted by molar-refractivity contribution is 5.79. The van der Waals surface area contributed by atoms with Gasteiger partial charge in [0.1, 0.15) is 5.75 Å². The summed E-state index contributed by atoms with van der Waals surface area (Å²) in [5, 5.41) is 11.3. The lowest BCUT2D eigenvalue weighted by Crippen LogP contribution is -1.96. The summed E-state index contributed by atoms with van der Waals surface area (Å²) < 4.78 is 5.53. The fourth-order valence-corrected chi connectivity index (χ4v) is 1.26. The topological polar surface area (TPSA) is 41.8 Å². The molecule has 0 spiro atoms. The van der Waals surface area contributed by atoms with Gasteiger partial charge < -0.3 is 9.94 Å². The molecular weight excluding hydrogens is 190 g/mol. The van der Waals surface area contributed by atoms with E-state index in [1.165, 1.54) is 19.1 Å². The minimum atomic E-state index is 0.765. The summed E-state index contributed by atoms with van der Waals surface area (Å²) in [6.45, 7) is 2.93. The van der Waals surface area contributed by atoms with Gasteiger partial charge >= 0.3 is 0 Å². The molecule has 0 unspecified atom stereocenters. The van der Waals surface area contributed by atoms with Crippen molar-refractivity contribution in [2.75, 3.05) is 6.61 Å². The standard InChI is InChI=1S/C12H17NO2/c1-2-3-4-9-15-12-7-5-11(6-8-12)10-13-14/h5-8,10,14H,2-4,9H2,1H3. The fraction of sp³-hybridized carbons (Fsp3) is 0.417. The van der Waals surface area contributed by atoms with E-state index in [1.807, 2.05) is 24.3 Å². The molecule has 1 aromatic carbocycles. The number of unbranched alkanes of at least 4 members (excludes halogenated alkanes) is 2. The Balaban J connectivity index is 2.36. The second kappa shape index (κ2) is 6.87. The molecule has 0 aliphatic carbocycles. The molecule has 0 amide bonds. The number of oxime groups is 1.